The molecule has 5 nitrogen and oxygen atoms in total. The van der Waals surface area contributed by atoms with E-state index in [1.807, 2.05) is 20.8 Å². The molecule has 22 heavy (non-hydrogen) atoms. The third-order valence-corrected chi connectivity index (χ3v) is 6.05. The monoisotopic (exact) mass is 344 g/mol. The number of hydrogen-bond donors (Lipinski definition) is 1. The van der Waals surface area contributed by atoms with Gasteiger partial charge in [-0.2, -0.15) is 0 Å². The second-order valence-corrected chi connectivity index (χ2v) is 8.27. The van der Waals surface area contributed by atoms with Crippen LogP contribution in [-0.2, 0) is 20.4 Å². The summed E-state index contributed by atoms with van der Waals surface area (Å²) in [6, 6.07) is 0. The summed E-state index contributed by atoms with van der Waals surface area (Å²) in [5.74, 6) is 0.128. The number of aryl methyl sites for hydroxylation is 1. The van der Waals surface area contributed by atoms with Crippen LogP contribution in [0.5, 0.6) is 0 Å². The second-order valence-electron chi connectivity index (χ2n) is 5.47. The molecule has 0 aliphatic rings. The van der Waals surface area contributed by atoms with Crippen LogP contribution < -0.4 is 5.32 Å². The summed E-state index contributed by atoms with van der Waals surface area (Å²) >= 11 is 1.54. The van der Waals surface area contributed by atoms with Crippen molar-refractivity contribution in [3.63, 3.8) is 0 Å². The van der Waals surface area contributed by atoms with E-state index >= 15 is 0 Å². The average Bonchev–Trinajstić information content (AvgIpc) is 2.65. The van der Waals surface area contributed by atoms with Crippen LogP contribution in [0.1, 0.15) is 28.8 Å². The Morgan fingerprint density at radius 2 is 1.82 bits per heavy atom. The molecule has 1 aromatic heterocycles. The van der Waals surface area contributed by atoms with Gasteiger partial charge >= 0.3 is 0 Å². The van der Waals surface area contributed by atoms with Gasteiger partial charge in [0.15, 0.2) is 0 Å². The zero-order valence-corrected chi connectivity index (χ0v) is 15.4. The van der Waals surface area contributed by atoms with Gasteiger partial charge in [0.1, 0.15) is 5.75 Å². The molecule has 1 aromatic rings. The molecule has 0 aromatic carbocycles. The Kier molecular flexibility index (Phi) is 7.22. The molecule has 0 fully saturated rings. The van der Waals surface area contributed by atoms with Crippen molar-refractivity contribution in [2.45, 2.75) is 33.6 Å². The largest absolute Gasteiger partial charge is 0.349 e. The highest BCUT2D eigenvalue weighted by atomic mass is 32.2. The SMILES string of the molecule is Cc1sc(NC(=O)CS(=O)CCCC(=O)N(C)C)c(C)c1C. The molecule has 124 valence electrons. The molecule has 0 radical (unpaired) electrons. The van der Waals surface area contributed by atoms with E-state index in [0.29, 0.717) is 18.6 Å². The van der Waals surface area contributed by atoms with Gasteiger partial charge in [0, 0.05) is 41.9 Å². The highest BCUT2D eigenvalue weighted by Gasteiger charge is 2.14. The summed E-state index contributed by atoms with van der Waals surface area (Å²) in [5, 5.41) is 3.66. The molecule has 0 saturated heterocycles. The van der Waals surface area contributed by atoms with Crippen LogP contribution in [0.4, 0.5) is 5.00 Å². The van der Waals surface area contributed by atoms with Gasteiger partial charge in [-0.05, 0) is 38.3 Å². The smallest absolute Gasteiger partial charge is 0.237 e. The minimum Gasteiger partial charge on any atom is -0.349 e. The molecule has 0 saturated carbocycles. The Bertz CT molecular complexity index is 580. The van der Waals surface area contributed by atoms with Crippen molar-refractivity contribution in [3.05, 3.63) is 16.0 Å². The van der Waals surface area contributed by atoms with E-state index in [9.17, 15) is 13.8 Å². The molecular weight excluding hydrogens is 320 g/mol. The van der Waals surface area contributed by atoms with E-state index in [0.717, 1.165) is 10.6 Å². The number of carbonyl (C=O) groups is 2. The fourth-order valence-electron chi connectivity index (χ4n) is 1.85. The molecule has 7 heteroatoms. The molecule has 0 aliphatic heterocycles. The lowest BCUT2D eigenvalue weighted by Crippen LogP contribution is -2.23. The topological polar surface area (TPSA) is 66.5 Å². The standard InChI is InChI=1S/C15H24N2O3S2/c1-10-11(2)15(21-12(10)3)16-13(18)9-22(20)8-6-7-14(19)17(4)5/h6-9H2,1-5H3,(H,16,18). The molecular formula is C15H24N2O3S2. The van der Waals surface area contributed by atoms with Crippen molar-refractivity contribution < 1.29 is 13.8 Å². The lowest BCUT2D eigenvalue weighted by atomic mass is 10.2. The maximum atomic E-state index is 11.9. The van der Waals surface area contributed by atoms with E-state index in [1.165, 1.54) is 15.3 Å². The van der Waals surface area contributed by atoms with E-state index in [1.54, 1.807) is 25.4 Å². The van der Waals surface area contributed by atoms with Gasteiger partial charge in [-0.25, -0.2) is 0 Å². The Labute approximate surface area is 138 Å². The van der Waals surface area contributed by atoms with Gasteiger partial charge in [0.2, 0.25) is 11.8 Å². The van der Waals surface area contributed by atoms with Crippen LogP contribution in [0.25, 0.3) is 0 Å². The van der Waals surface area contributed by atoms with E-state index < -0.39 is 10.8 Å². The predicted octanol–water partition coefficient (Wildman–Crippen LogP) is 2.23. The van der Waals surface area contributed by atoms with Crippen LogP contribution in [0.3, 0.4) is 0 Å². The van der Waals surface area contributed by atoms with Crippen molar-refractivity contribution >= 4 is 39.0 Å². The summed E-state index contributed by atoms with van der Waals surface area (Å²) in [4.78, 5) is 26.0. The lowest BCUT2D eigenvalue weighted by Gasteiger charge is -2.09. The average molecular weight is 345 g/mol. The number of hydrogen-bond acceptors (Lipinski definition) is 4. The van der Waals surface area contributed by atoms with Crippen molar-refractivity contribution in [2.75, 3.05) is 30.9 Å². The minimum atomic E-state index is -1.24. The molecule has 0 spiro atoms. The van der Waals surface area contributed by atoms with E-state index in [2.05, 4.69) is 5.32 Å². The Morgan fingerprint density at radius 3 is 2.32 bits per heavy atom. The molecule has 1 heterocycles. The van der Waals surface area contributed by atoms with E-state index in [-0.39, 0.29) is 17.6 Å². The first-order chi connectivity index (χ1) is 10.2. The Hall–Kier alpha value is -1.21. The maximum Gasteiger partial charge on any atom is 0.237 e. The maximum absolute atomic E-state index is 11.9. The van der Waals surface area contributed by atoms with Gasteiger partial charge in [-0.1, -0.05) is 0 Å². The highest BCUT2D eigenvalue weighted by molar-refractivity contribution is 7.85. The normalized spacial score (nSPS) is 12.0. The van der Waals surface area contributed by atoms with Crippen LogP contribution in [0.2, 0.25) is 0 Å². The predicted molar refractivity (Wildman–Crippen MR) is 93.0 cm³/mol. The van der Waals surface area contributed by atoms with E-state index in [4.69, 9.17) is 0 Å². The molecule has 0 aliphatic carbocycles. The fraction of sp³-hybridized carbons (Fsp3) is 0.600. The number of amides is 2. The molecule has 1 unspecified atom stereocenters. The summed E-state index contributed by atoms with van der Waals surface area (Å²) in [6.07, 6.45) is 0.899. The Balaban J connectivity index is 2.40. The molecule has 2 amide bonds. The summed E-state index contributed by atoms with van der Waals surface area (Å²) in [6.45, 7) is 6.01. The molecule has 1 atom stereocenters. The number of nitrogens with zero attached hydrogens (tertiary/aromatic N) is 1. The van der Waals surface area contributed by atoms with Crippen LogP contribution in [-0.4, -0.2) is 46.5 Å². The van der Waals surface area contributed by atoms with Crippen molar-refractivity contribution in [2.24, 2.45) is 0 Å². The first-order valence-electron chi connectivity index (χ1n) is 7.14. The van der Waals surface area contributed by atoms with Crippen LogP contribution in [0.15, 0.2) is 0 Å². The number of carbonyl (C=O) groups excluding carboxylic acids is 2. The number of nitrogens with one attached hydrogen (secondary N) is 1. The van der Waals surface area contributed by atoms with Crippen molar-refractivity contribution in [1.82, 2.24) is 4.90 Å². The zero-order valence-electron chi connectivity index (χ0n) is 13.8. The van der Waals surface area contributed by atoms with Gasteiger partial charge in [-0.15, -0.1) is 11.3 Å². The van der Waals surface area contributed by atoms with Gasteiger partial charge in [-0.3, -0.25) is 13.8 Å². The Morgan fingerprint density at radius 1 is 1.18 bits per heavy atom. The minimum absolute atomic E-state index is 0.0154. The summed E-state index contributed by atoms with van der Waals surface area (Å²) < 4.78 is 11.9. The quantitative estimate of drug-likeness (QED) is 0.825. The second kappa shape index (κ2) is 8.43. The summed E-state index contributed by atoms with van der Waals surface area (Å²) in [5.41, 5.74) is 2.25. The highest BCUT2D eigenvalue weighted by Crippen LogP contribution is 2.31. The van der Waals surface area contributed by atoms with Crippen molar-refractivity contribution in [3.8, 4) is 0 Å². The summed E-state index contributed by atoms with van der Waals surface area (Å²) in [7, 11) is 2.15. The third kappa shape index (κ3) is 5.53. The first kappa shape index (κ1) is 18.8. The third-order valence-electron chi connectivity index (χ3n) is 3.49. The molecule has 1 N–H and O–H groups in total. The van der Waals surface area contributed by atoms with Crippen molar-refractivity contribution in [1.29, 1.82) is 0 Å². The number of thiophene rings is 1. The molecule has 0 bridgehead atoms. The number of anilines is 1. The lowest BCUT2D eigenvalue weighted by molar-refractivity contribution is -0.128. The fourth-order valence-corrected chi connectivity index (χ4v) is 3.91. The zero-order chi connectivity index (χ0) is 16.9. The van der Waals surface area contributed by atoms with Gasteiger partial charge in [0.05, 0.1) is 5.00 Å². The van der Waals surface area contributed by atoms with Gasteiger partial charge in [0.25, 0.3) is 0 Å². The van der Waals surface area contributed by atoms with Gasteiger partial charge < -0.3 is 10.2 Å². The first-order valence-corrected chi connectivity index (χ1v) is 9.44. The molecule has 1 rings (SSSR count). The van der Waals surface area contributed by atoms with Crippen LogP contribution >= 0.6 is 11.3 Å². The van der Waals surface area contributed by atoms with Crippen LogP contribution in [0, 0.1) is 20.8 Å². The number of rotatable bonds is 7.